The summed E-state index contributed by atoms with van der Waals surface area (Å²) >= 11 is 0. The van der Waals surface area contributed by atoms with Crippen molar-refractivity contribution in [2.45, 2.75) is 13.3 Å². The maximum atomic E-state index is 13.6. The maximum absolute atomic E-state index is 13.6. The maximum Gasteiger partial charge on any atom is 0.328 e. The van der Waals surface area contributed by atoms with Crippen molar-refractivity contribution in [1.82, 2.24) is 0 Å². The number of nitro benzene ring substituents is 1. The van der Waals surface area contributed by atoms with E-state index >= 15 is 0 Å². The van der Waals surface area contributed by atoms with Crippen molar-refractivity contribution in [3.05, 3.63) is 64.0 Å². The molecule has 0 aliphatic carbocycles. The van der Waals surface area contributed by atoms with Crippen LogP contribution in [0.3, 0.4) is 0 Å². The molecule has 2 aromatic rings. The molecule has 0 radical (unpaired) electrons. The Bertz CT molecular complexity index is 626. The van der Waals surface area contributed by atoms with Gasteiger partial charge >= 0.3 is 5.69 Å². The van der Waals surface area contributed by atoms with Gasteiger partial charge < -0.3 is 4.90 Å². The van der Waals surface area contributed by atoms with Gasteiger partial charge in [0.15, 0.2) is 0 Å². The van der Waals surface area contributed by atoms with E-state index in [1.54, 1.807) is 11.9 Å². The number of nitrogens with zero attached hydrogens (tertiary/aromatic N) is 2. The fraction of sp³-hybridized carbons (Fsp3) is 0.200. The summed E-state index contributed by atoms with van der Waals surface area (Å²) in [6, 6.07) is 11.7. The molecule has 0 bridgehead atoms. The predicted octanol–water partition coefficient (Wildman–Crippen LogP) is 4.06. The lowest BCUT2D eigenvalue weighted by Crippen LogP contribution is -2.12. The predicted molar refractivity (Wildman–Crippen MR) is 76.9 cm³/mol. The van der Waals surface area contributed by atoms with Crippen molar-refractivity contribution in [3.8, 4) is 0 Å². The van der Waals surface area contributed by atoms with E-state index in [1.165, 1.54) is 17.7 Å². The summed E-state index contributed by atoms with van der Waals surface area (Å²) in [6.07, 6.45) is 0.921. The zero-order chi connectivity index (χ0) is 14.7. The molecular formula is C15H15FN2O2. The van der Waals surface area contributed by atoms with E-state index in [9.17, 15) is 14.5 Å². The van der Waals surface area contributed by atoms with Crippen LogP contribution in [0.25, 0.3) is 0 Å². The molecule has 5 heteroatoms. The Morgan fingerprint density at radius 2 is 1.85 bits per heavy atom. The molecule has 0 amide bonds. The number of anilines is 2. The van der Waals surface area contributed by atoms with Gasteiger partial charge in [0.1, 0.15) is 5.69 Å². The first-order valence-electron chi connectivity index (χ1n) is 6.30. The highest BCUT2D eigenvalue weighted by molar-refractivity contribution is 5.71. The van der Waals surface area contributed by atoms with Gasteiger partial charge in [-0.15, -0.1) is 0 Å². The minimum Gasteiger partial charge on any atom is -0.339 e. The fourth-order valence-electron chi connectivity index (χ4n) is 2.05. The molecule has 0 saturated carbocycles. The minimum atomic E-state index is -0.829. The lowest BCUT2D eigenvalue weighted by molar-refractivity contribution is -0.386. The second-order valence-electron chi connectivity index (χ2n) is 4.44. The van der Waals surface area contributed by atoms with Gasteiger partial charge in [-0.3, -0.25) is 10.1 Å². The molecule has 0 aliphatic rings. The average Bonchev–Trinajstić information content (AvgIpc) is 2.46. The molecule has 0 aliphatic heterocycles. The van der Waals surface area contributed by atoms with Crippen LogP contribution in [0.1, 0.15) is 12.5 Å². The van der Waals surface area contributed by atoms with E-state index in [-0.39, 0.29) is 5.69 Å². The standard InChI is InChI=1S/C15H15FN2O2/c1-3-11-7-9-12(10-8-11)17(2)14-6-4-5-13(16)15(14)18(19)20/h4-10H,3H2,1-2H3. The highest BCUT2D eigenvalue weighted by atomic mass is 19.1. The third-order valence-corrected chi connectivity index (χ3v) is 3.24. The van der Waals surface area contributed by atoms with Crippen LogP contribution in [0.5, 0.6) is 0 Å². The molecule has 4 nitrogen and oxygen atoms in total. The van der Waals surface area contributed by atoms with E-state index in [0.29, 0.717) is 0 Å². The Hall–Kier alpha value is -2.43. The van der Waals surface area contributed by atoms with Crippen LogP contribution in [0.2, 0.25) is 0 Å². The summed E-state index contributed by atoms with van der Waals surface area (Å²) in [6.45, 7) is 2.05. The number of rotatable bonds is 4. The molecule has 104 valence electrons. The van der Waals surface area contributed by atoms with Crippen LogP contribution in [0.4, 0.5) is 21.5 Å². The van der Waals surface area contributed by atoms with Gasteiger partial charge in [0.25, 0.3) is 0 Å². The van der Waals surface area contributed by atoms with Crippen molar-refractivity contribution in [3.63, 3.8) is 0 Å². The van der Waals surface area contributed by atoms with Crippen molar-refractivity contribution in [2.75, 3.05) is 11.9 Å². The molecule has 20 heavy (non-hydrogen) atoms. The number of para-hydroxylation sites is 1. The van der Waals surface area contributed by atoms with Crippen molar-refractivity contribution in [1.29, 1.82) is 0 Å². The zero-order valence-electron chi connectivity index (χ0n) is 11.3. The topological polar surface area (TPSA) is 46.4 Å². The Balaban J connectivity index is 2.44. The van der Waals surface area contributed by atoms with E-state index in [2.05, 4.69) is 6.92 Å². The van der Waals surface area contributed by atoms with Crippen molar-refractivity contribution in [2.24, 2.45) is 0 Å². The highest BCUT2D eigenvalue weighted by Gasteiger charge is 2.22. The highest BCUT2D eigenvalue weighted by Crippen LogP contribution is 2.34. The zero-order valence-corrected chi connectivity index (χ0v) is 11.3. The molecule has 0 aromatic heterocycles. The van der Waals surface area contributed by atoms with Crippen LogP contribution in [-0.4, -0.2) is 12.0 Å². The lowest BCUT2D eigenvalue weighted by Gasteiger charge is -2.19. The summed E-state index contributed by atoms with van der Waals surface area (Å²) in [4.78, 5) is 11.9. The summed E-state index contributed by atoms with van der Waals surface area (Å²) < 4.78 is 13.6. The van der Waals surface area contributed by atoms with Gasteiger partial charge in [0, 0.05) is 12.7 Å². The van der Waals surface area contributed by atoms with Gasteiger partial charge in [0.05, 0.1) is 4.92 Å². The second kappa shape index (κ2) is 5.69. The van der Waals surface area contributed by atoms with Gasteiger partial charge in [-0.05, 0) is 36.2 Å². The molecule has 0 fully saturated rings. The molecule has 2 aromatic carbocycles. The summed E-state index contributed by atoms with van der Waals surface area (Å²) in [5.74, 6) is -0.829. The van der Waals surface area contributed by atoms with Crippen molar-refractivity contribution >= 4 is 17.1 Å². The van der Waals surface area contributed by atoms with Crippen molar-refractivity contribution < 1.29 is 9.31 Å². The number of halogens is 1. The molecule has 0 unspecified atom stereocenters. The molecule has 0 N–H and O–H groups in total. The first kappa shape index (κ1) is 14.0. The molecular weight excluding hydrogens is 259 g/mol. The van der Waals surface area contributed by atoms with E-state index in [4.69, 9.17) is 0 Å². The minimum absolute atomic E-state index is 0.235. The average molecular weight is 274 g/mol. The Morgan fingerprint density at radius 3 is 2.40 bits per heavy atom. The quantitative estimate of drug-likeness (QED) is 0.623. The first-order valence-corrected chi connectivity index (χ1v) is 6.30. The SMILES string of the molecule is CCc1ccc(N(C)c2cccc(F)c2[N+](=O)[O-])cc1. The second-order valence-corrected chi connectivity index (χ2v) is 4.44. The molecule has 0 heterocycles. The van der Waals surface area contributed by atoms with Crippen LogP contribution in [0.15, 0.2) is 42.5 Å². The lowest BCUT2D eigenvalue weighted by atomic mass is 10.1. The first-order chi connectivity index (χ1) is 9.54. The molecule has 0 saturated heterocycles. The third kappa shape index (κ3) is 2.61. The molecule has 0 spiro atoms. The summed E-state index contributed by atoms with van der Waals surface area (Å²) in [7, 11) is 1.68. The smallest absolute Gasteiger partial charge is 0.328 e. The Kier molecular flexibility index (Phi) is 3.98. The number of nitro groups is 1. The van der Waals surface area contributed by atoms with E-state index < -0.39 is 16.4 Å². The van der Waals surface area contributed by atoms with Gasteiger partial charge in [-0.2, -0.15) is 4.39 Å². The van der Waals surface area contributed by atoms with Crippen LogP contribution >= 0.6 is 0 Å². The summed E-state index contributed by atoms with van der Waals surface area (Å²) in [5.41, 5.74) is 1.68. The van der Waals surface area contributed by atoms with Gasteiger partial charge in [0.2, 0.25) is 5.82 Å². The largest absolute Gasteiger partial charge is 0.339 e. The third-order valence-electron chi connectivity index (χ3n) is 3.24. The molecule has 2 rings (SSSR count). The monoisotopic (exact) mass is 274 g/mol. The molecule has 0 atom stereocenters. The fourth-order valence-corrected chi connectivity index (χ4v) is 2.05. The Labute approximate surface area is 116 Å². The number of hydrogen-bond donors (Lipinski definition) is 0. The van der Waals surface area contributed by atoms with Crippen LogP contribution in [-0.2, 0) is 6.42 Å². The number of aryl methyl sites for hydroxylation is 1. The summed E-state index contributed by atoms with van der Waals surface area (Å²) in [5, 5.41) is 11.0. The Morgan fingerprint density at radius 1 is 1.20 bits per heavy atom. The van der Waals surface area contributed by atoms with E-state index in [0.717, 1.165) is 18.2 Å². The van der Waals surface area contributed by atoms with E-state index in [1.807, 2.05) is 24.3 Å². The normalized spacial score (nSPS) is 10.3. The number of hydrogen-bond acceptors (Lipinski definition) is 3. The van der Waals surface area contributed by atoms with Gasteiger partial charge in [-0.1, -0.05) is 25.1 Å². The van der Waals surface area contributed by atoms with Gasteiger partial charge in [-0.25, -0.2) is 0 Å². The number of benzene rings is 2. The van der Waals surface area contributed by atoms with Crippen LogP contribution in [0, 0.1) is 15.9 Å². The van der Waals surface area contributed by atoms with Crippen LogP contribution < -0.4 is 4.90 Å².